The molecule has 12 rings (SSSR count). The van der Waals surface area contributed by atoms with Gasteiger partial charge in [0.2, 0.25) is 0 Å². The van der Waals surface area contributed by atoms with Gasteiger partial charge in [0, 0.05) is 66.7 Å². The normalized spacial score (nSPS) is 11.9. The number of fused-ring (bicyclic) bond motifs is 9. The predicted octanol–water partition coefficient (Wildman–Crippen LogP) is 13.1. The lowest BCUT2D eigenvalue weighted by Crippen LogP contribution is -1.98. The Balaban J connectivity index is 1.19. The summed E-state index contributed by atoms with van der Waals surface area (Å²) in [6, 6.07) is 69.1. The van der Waals surface area contributed by atoms with Crippen molar-refractivity contribution < 1.29 is 0 Å². The van der Waals surface area contributed by atoms with Crippen LogP contribution in [0.15, 0.2) is 200 Å². The van der Waals surface area contributed by atoms with Gasteiger partial charge >= 0.3 is 0 Å². The Morgan fingerprint density at radius 3 is 1.88 bits per heavy atom. The quantitative estimate of drug-likeness (QED) is 0.177. The molecule has 5 heteroatoms. The Hall–Kier alpha value is -7.76. The molecule has 0 aliphatic heterocycles. The van der Waals surface area contributed by atoms with Crippen molar-refractivity contribution in [2.24, 2.45) is 0 Å². The van der Waals surface area contributed by atoms with Crippen LogP contribution in [0.25, 0.3) is 105 Å². The second-order valence-corrected chi connectivity index (χ2v) is 14.7. The number of benzene rings is 8. The first-order valence-corrected chi connectivity index (χ1v) is 19.3. The summed E-state index contributed by atoms with van der Waals surface area (Å²) < 4.78 is 7.16. The molecule has 12 aromatic rings. The lowest BCUT2D eigenvalue weighted by molar-refractivity contribution is 1.12. The van der Waals surface area contributed by atoms with Crippen LogP contribution in [0.1, 0.15) is 0 Å². The molecule has 266 valence electrons. The highest BCUT2D eigenvalue weighted by Gasteiger charge is 2.22. The zero-order valence-electron chi connectivity index (χ0n) is 30.8. The Morgan fingerprint density at radius 2 is 1.05 bits per heavy atom. The molecule has 0 N–H and O–H groups in total. The molecule has 57 heavy (non-hydrogen) atoms. The number of aromatic nitrogens is 5. The molecule has 4 aromatic heterocycles. The molecule has 0 fully saturated rings. The molecule has 0 spiro atoms. The summed E-state index contributed by atoms with van der Waals surface area (Å²) in [5.74, 6) is 0.696. The Labute approximate surface area is 328 Å². The molecule has 0 saturated heterocycles. The molecule has 0 atom stereocenters. The highest BCUT2D eigenvalue weighted by molar-refractivity contribution is 6.27. The first-order valence-electron chi connectivity index (χ1n) is 19.3. The molecular formula is C52H33N5. The largest absolute Gasteiger partial charge is 0.316 e. The van der Waals surface area contributed by atoms with E-state index in [4.69, 9.17) is 9.97 Å². The van der Waals surface area contributed by atoms with Crippen LogP contribution in [0, 0.1) is 0 Å². The number of hydrogen-bond acceptors (Lipinski definition) is 2. The van der Waals surface area contributed by atoms with Crippen LogP contribution < -0.4 is 0 Å². The van der Waals surface area contributed by atoms with Crippen molar-refractivity contribution in [3.8, 4) is 39.7 Å². The van der Waals surface area contributed by atoms with Gasteiger partial charge in [-0.15, -0.1) is 0 Å². The van der Waals surface area contributed by atoms with Gasteiger partial charge in [0.25, 0.3) is 0 Å². The van der Waals surface area contributed by atoms with Gasteiger partial charge in [-0.1, -0.05) is 121 Å². The minimum absolute atomic E-state index is 0.696. The average Bonchev–Trinajstić information content (AvgIpc) is 3.96. The number of nitrogens with zero attached hydrogens (tertiary/aromatic N) is 5. The molecule has 0 amide bonds. The van der Waals surface area contributed by atoms with Crippen LogP contribution in [0.2, 0.25) is 0 Å². The maximum absolute atomic E-state index is 5.27. The molecule has 0 saturated carbocycles. The van der Waals surface area contributed by atoms with Crippen LogP contribution in [0.3, 0.4) is 0 Å². The van der Waals surface area contributed by atoms with E-state index in [1.165, 1.54) is 43.5 Å². The zero-order valence-corrected chi connectivity index (χ0v) is 30.8. The third-order valence-corrected chi connectivity index (χ3v) is 11.4. The van der Waals surface area contributed by atoms with E-state index in [2.05, 4.69) is 202 Å². The van der Waals surface area contributed by atoms with Crippen molar-refractivity contribution in [1.82, 2.24) is 23.7 Å². The van der Waals surface area contributed by atoms with Crippen molar-refractivity contribution in [2.45, 2.75) is 0 Å². The van der Waals surface area contributed by atoms with E-state index in [1.54, 1.807) is 0 Å². The van der Waals surface area contributed by atoms with Gasteiger partial charge < -0.3 is 13.7 Å². The van der Waals surface area contributed by atoms with Gasteiger partial charge in [-0.25, -0.2) is 9.97 Å². The topological polar surface area (TPSA) is 40.6 Å². The maximum Gasteiger partial charge on any atom is 0.160 e. The summed E-state index contributed by atoms with van der Waals surface area (Å²) in [5.41, 5.74) is 13.0. The van der Waals surface area contributed by atoms with Crippen molar-refractivity contribution in [3.05, 3.63) is 200 Å². The van der Waals surface area contributed by atoms with Crippen LogP contribution in [-0.2, 0) is 0 Å². The van der Waals surface area contributed by atoms with Gasteiger partial charge in [-0.2, -0.15) is 0 Å². The van der Waals surface area contributed by atoms with Crippen LogP contribution in [0.5, 0.6) is 0 Å². The third-order valence-electron chi connectivity index (χ3n) is 11.4. The van der Waals surface area contributed by atoms with Crippen LogP contribution >= 0.6 is 0 Å². The van der Waals surface area contributed by atoms with Gasteiger partial charge in [0.15, 0.2) is 5.82 Å². The van der Waals surface area contributed by atoms with Crippen LogP contribution in [-0.4, -0.2) is 23.7 Å². The van der Waals surface area contributed by atoms with E-state index >= 15 is 0 Å². The molecule has 4 heterocycles. The fourth-order valence-electron chi connectivity index (χ4n) is 8.93. The molecule has 8 aromatic carbocycles. The number of hydrogen-bond donors (Lipinski definition) is 0. The van der Waals surface area contributed by atoms with Gasteiger partial charge in [0.1, 0.15) is 0 Å². The highest BCUT2D eigenvalue weighted by Crippen LogP contribution is 2.43. The van der Waals surface area contributed by atoms with Crippen molar-refractivity contribution in [1.29, 1.82) is 0 Å². The Morgan fingerprint density at radius 1 is 0.368 bits per heavy atom. The first-order chi connectivity index (χ1) is 28.3. The summed E-state index contributed by atoms with van der Waals surface area (Å²) in [5, 5.41) is 7.09. The van der Waals surface area contributed by atoms with Gasteiger partial charge in [-0.05, 0) is 72.8 Å². The Bertz CT molecular complexity index is 3500. The third kappa shape index (κ3) is 4.82. The van der Waals surface area contributed by atoms with Crippen molar-refractivity contribution in [3.63, 3.8) is 0 Å². The van der Waals surface area contributed by atoms with Crippen molar-refractivity contribution >= 4 is 65.4 Å². The summed E-state index contributed by atoms with van der Waals surface area (Å²) in [6.07, 6.45) is 2.18. The minimum Gasteiger partial charge on any atom is -0.316 e. The molecule has 5 nitrogen and oxygen atoms in total. The van der Waals surface area contributed by atoms with E-state index in [0.717, 1.165) is 55.8 Å². The zero-order chi connectivity index (χ0) is 37.5. The average molecular weight is 728 g/mol. The van der Waals surface area contributed by atoms with E-state index in [0.29, 0.717) is 5.82 Å². The lowest BCUT2D eigenvalue weighted by Gasteiger charge is -2.13. The maximum atomic E-state index is 5.27. The van der Waals surface area contributed by atoms with Gasteiger partial charge in [0.05, 0.1) is 38.8 Å². The lowest BCUT2D eigenvalue weighted by atomic mass is 10.1. The van der Waals surface area contributed by atoms with Crippen molar-refractivity contribution in [2.75, 3.05) is 0 Å². The predicted molar refractivity (Wildman–Crippen MR) is 236 cm³/mol. The molecule has 0 aliphatic rings. The Kier molecular flexibility index (Phi) is 6.86. The molecule has 0 radical (unpaired) electrons. The fraction of sp³-hybridized carbons (Fsp3) is 0. The van der Waals surface area contributed by atoms with E-state index in [9.17, 15) is 0 Å². The fourth-order valence-corrected chi connectivity index (χ4v) is 8.93. The minimum atomic E-state index is 0.696. The van der Waals surface area contributed by atoms with Gasteiger partial charge in [-0.3, -0.25) is 0 Å². The summed E-state index contributed by atoms with van der Waals surface area (Å²) in [4.78, 5) is 10.4. The highest BCUT2D eigenvalue weighted by atomic mass is 15.0. The molecule has 0 bridgehead atoms. The molecule has 0 unspecified atom stereocenters. The molecule has 0 aliphatic carbocycles. The van der Waals surface area contributed by atoms with Crippen LogP contribution in [0.4, 0.5) is 0 Å². The van der Waals surface area contributed by atoms with E-state index in [-0.39, 0.29) is 0 Å². The number of para-hydroxylation sites is 4. The second kappa shape index (κ2) is 12.4. The summed E-state index contributed by atoms with van der Waals surface area (Å²) in [7, 11) is 0. The van der Waals surface area contributed by atoms with E-state index in [1.807, 2.05) is 12.1 Å². The standard InChI is InChI=1S/C52H33N5/c1-4-15-34(16-5-1)50-41-23-10-12-25-44(41)53-52(54-50)36-17-14-22-39(31-36)57-48-33-47-35(29-30-55(47)37-18-6-2-7-19-37)32-43(48)40-27-28-46-49(51(40)57)42-24-11-13-26-45(42)56(46)38-20-8-3-9-21-38/h1-33H. The van der Waals surface area contributed by atoms with E-state index < -0.39 is 0 Å². The smallest absolute Gasteiger partial charge is 0.160 e. The number of rotatable bonds is 5. The summed E-state index contributed by atoms with van der Waals surface area (Å²) in [6.45, 7) is 0. The first kappa shape index (κ1) is 31.6. The molecular weight excluding hydrogens is 695 g/mol. The second-order valence-electron chi connectivity index (χ2n) is 14.7. The SMILES string of the molecule is c1ccc(-c2nc(-c3cccc(-n4c5cc6c(ccn6-c6ccccc6)cc5c5ccc6c(c7ccccc7n6-c6ccccc6)c54)c3)nc3ccccc23)cc1. The summed E-state index contributed by atoms with van der Waals surface area (Å²) >= 11 is 0. The monoisotopic (exact) mass is 727 g/mol.